The summed E-state index contributed by atoms with van der Waals surface area (Å²) in [5.74, 6) is -0.432. The Kier molecular flexibility index (Phi) is 7.31. The van der Waals surface area contributed by atoms with Crippen molar-refractivity contribution in [3.05, 3.63) is 83.8 Å². The van der Waals surface area contributed by atoms with Crippen LogP contribution in [-0.2, 0) is 4.74 Å². The van der Waals surface area contributed by atoms with E-state index in [-0.39, 0.29) is 0 Å². The summed E-state index contributed by atoms with van der Waals surface area (Å²) in [6, 6.07) is 18.0. The number of anilines is 2. The molecule has 2 saturated heterocycles. The highest BCUT2D eigenvalue weighted by Gasteiger charge is 2.47. The first-order chi connectivity index (χ1) is 18.4. The third-order valence-corrected chi connectivity index (χ3v) is 6.97. The van der Waals surface area contributed by atoms with Gasteiger partial charge in [0.2, 0.25) is 0 Å². The lowest BCUT2D eigenvalue weighted by atomic mass is 9.79. The molecule has 6 nitrogen and oxygen atoms in total. The molecule has 3 aromatic carbocycles. The van der Waals surface area contributed by atoms with Crippen LogP contribution in [0.2, 0.25) is 0 Å². The molecular formula is C31H31FN4O2. The van der Waals surface area contributed by atoms with Gasteiger partial charge in [-0.2, -0.15) is 0 Å². The standard InChI is InChI=1S/C25H20FN3O.C6H11NO/c1-3-27-25-14-19(7-4-16(25)2)29-24-10-11-28-23-9-6-18(13-21(23)24)20-8-5-17(15-30)12-22(20)26;1-7-2-6(3-7)4-8-5-6/h3-15H,1-2H3,(H,28,29);2-5H2,1H3. The number of hydrogen-bond donors (Lipinski definition) is 1. The number of likely N-dealkylation sites (tertiary alicyclic amines) is 1. The van der Waals surface area contributed by atoms with E-state index in [4.69, 9.17) is 4.74 Å². The maximum absolute atomic E-state index is 14.5. The van der Waals surface area contributed by atoms with Crippen LogP contribution in [0.1, 0.15) is 22.8 Å². The summed E-state index contributed by atoms with van der Waals surface area (Å²) >= 11 is 0. The molecule has 1 aromatic heterocycles. The summed E-state index contributed by atoms with van der Waals surface area (Å²) in [6.07, 6.45) is 4.14. The fourth-order valence-corrected chi connectivity index (χ4v) is 5.05. The summed E-state index contributed by atoms with van der Waals surface area (Å²) in [5, 5.41) is 4.30. The Hall–Kier alpha value is -3.94. The molecule has 1 spiro atoms. The number of ether oxygens (including phenoxy) is 1. The number of halogens is 1. The summed E-state index contributed by atoms with van der Waals surface area (Å²) in [7, 11) is 2.16. The first-order valence-electron chi connectivity index (χ1n) is 12.7. The van der Waals surface area contributed by atoms with Gasteiger partial charge in [0.1, 0.15) is 12.1 Å². The Morgan fingerprint density at radius 1 is 1.08 bits per heavy atom. The van der Waals surface area contributed by atoms with Crippen LogP contribution in [0.3, 0.4) is 0 Å². The molecule has 7 heteroatoms. The van der Waals surface area contributed by atoms with Gasteiger partial charge in [0.25, 0.3) is 0 Å². The molecule has 0 radical (unpaired) electrons. The summed E-state index contributed by atoms with van der Waals surface area (Å²) < 4.78 is 19.6. The van der Waals surface area contributed by atoms with Gasteiger partial charge >= 0.3 is 0 Å². The normalized spacial score (nSPS) is 16.0. The molecule has 38 heavy (non-hydrogen) atoms. The number of fused-ring (bicyclic) bond motifs is 1. The lowest BCUT2D eigenvalue weighted by Crippen LogP contribution is -2.64. The van der Waals surface area contributed by atoms with Crippen LogP contribution in [-0.4, -0.2) is 55.7 Å². The Balaban J connectivity index is 0.000000310. The van der Waals surface area contributed by atoms with Gasteiger partial charge in [0.05, 0.1) is 24.4 Å². The largest absolute Gasteiger partial charge is 0.380 e. The van der Waals surface area contributed by atoms with Gasteiger partial charge in [-0.3, -0.25) is 14.8 Å². The first-order valence-corrected chi connectivity index (χ1v) is 12.7. The van der Waals surface area contributed by atoms with E-state index in [2.05, 4.69) is 27.2 Å². The fourth-order valence-electron chi connectivity index (χ4n) is 5.05. The lowest BCUT2D eigenvalue weighted by Gasteiger charge is -2.53. The highest BCUT2D eigenvalue weighted by molar-refractivity contribution is 5.96. The summed E-state index contributed by atoms with van der Waals surface area (Å²) in [5.41, 5.74) is 6.64. The Labute approximate surface area is 222 Å². The number of pyridine rings is 1. The number of benzene rings is 3. The molecule has 2 aliphatic heterocycles. The molecule has 0 saturated carbocycles. The molecule has 1 N–H and O–H groups in total. The van der Waals surface area contributed by atoms with E-state index >= 15 is 0 Å². The van der Waals surface area contributed by atoms with Gasteiger partial charge in [0, 0.05) is 58.8 Å². The molecule has 0 aliphatic carbocycles. The van der Waals surface area contributed by atoms with Gasteiger partial charge in [-0.15, -0.1) is 0 Å². The maximum atomic E-state index is 14.5. The number of hydrogen-bond acceptors (Lipinski definition) is 6. The first kappa shape index (κ1) is 25.7. The molecule has 0 unspecified atom stereocenters. The monoisotopic (exact) mass is 510 g/mol. The van der Waals surface area contributed by atoms with E-state index in [1.807, 2.05) is 56.3 Å². The Bertz CT molecular complexity index is 1510. The quantitative estimate of drug-likeness (QED) is 0.243. The van der Waals surface area contributed by atoms with Crippen molar-refractivity contribution in [2.45, 2.75) is 13.8 Å². The van der Waals surface area contributed by atoms with Gasteiger partial charge in [0.15, 0.2) is 0 Å². The third kappa shape index (κ3) is 5.35. The second-order valence-corrected chi connectivity index (χ2v) is 10.1. The third-order valence-electron chi connectivity index (χ3n) is 6.97. The topological polar surface area (TPSA) is 66.8 Å². The van der Waals surface area contributed by atoms with Crippen molar-refractivity contribution in [1.82, 2.24) is 9.88 Å². The number of aryl methyl sites for hydroxylation is 1. The second-order valence-electron chi connectivity index (χ2n) is 10.1. The number of carbonyl (C=O) groups is 1. The van der Waals surface area contributed by atoms with E-state index < -0.39 is 5.82 Å². The highest BCUT2D eigenvalue weighted by Crippen LogP contribution is 2.36. The van der Waals surface area contributed by atoms with E-state index in [9.17, 15) is 9.18 Å². The average Bonchev–Trinajstić information content (AvgIpc) is 2.88. The van der Waals surface area contributed by atoms with Crippen molar-refractivity contribution in [2.75, 3.05) is 38.7 Å². The van der Waals surface area contributed by atoms with Gasteiger partial charge in [-0.05, 0) is 68.4 Å². The van der Waals surface area contributed by atoms with Crippen LogP contribution in [0.15, 0.2) is 71.9 Å². The van der Waals surface area contributed by atoms with E-state index in [0.717, 1.165) is 46.7 Å². The minimum atomic E-state index is -0.432. The van der Waals surface area contributed by atoms with Crippen LogP contribution in [0.25, 0.3) is 22.0 Å². The van der Waals surface area contributed by atoms with E-state index in [1.54, 1.807) is 24.5 Å². The van der Waals surface area contributed by atoms with Crippen molar-refractivity contribution in [2.24, 2.45) is 10.4 Å². The Morgan fingerprint density at radius 3 is 2.53 bits per heavy atom. The number of aldehydes is 1. The van der Waals surface area contributed by atoms with Crippen molar-refractivity contribution < 1.29 is 13.9 Å². The van der Waals surface area contributed by atoms with Crippen LogP contribution >= 0.6 is 0 Å². The van der Waals surface area contributed by atoms with Gasteiger partial charge < -0.3 is 15.0 Å². The second kappa shape index (κ2) is 10.8. The highest BCUT2D eigenvalue weighted by atomic mass is 19.1. The van der Waals surface area contributed by atoms with Crippen LogP contribution < -0.4 is 5.32 Å². The summed E-state index contributed by atoms with van der Waals surface area (Å²) in [4.78, 5) is 22.1. The minimum absolute atomic E-state index is 0.311. The molecule has 3 heterocycles. The van der Waals surface area contributed by atoms with Crippen molar-refractivity contribution in [3.63, 3.8) is 0 Å². The molecule has 2 fully saturated rings. The maximum Gasteiger partial charge on any atom is 0.150 e. The smallest absolute Gasteiger partial charge is 0.150 e. The molecule has 0 atom stereocenters. The average molecular weight is 511 g/mol. The molecule has 6 rings (SSSR count). The number of aromatic nitrogens is 1. The number of nitrogens with one attached hydrogen (secondary N) is 1. The number of rotatable bonds is 5. The lowest BCUT2D eigenvalue weighted by molar-refractivity contribution is -0.182. The number of carbonyl (C=O) groups excluding carboxylic acids is 1. The van der Waals surface area contributed by atoms with E-state index in [0.29, 0.717) is 28.4 Å². The zero-order valence-corrected chi connectivity index (χ0v) is 21.9. The number of aliphatic imine (C=N–C) groups is 1. The van der Waals surface area contributed by atoms with Gasteiger partial charge in [-0.25, -0.2) is 4.39 Å². The summed E-state index contributed by atoms with van der Waals surface area (Å²) in [6.45, 7) is 8.44. The van der Waals surface area contributed by atoms with Gasteiger partial charge in [-0.1, -0.05) is 24.3 Å². The van der Waals surface area contributed by atoms with Crippen molar-refractivity contribution in [1.29, 1.82) is 0 Å². The van der Waals surface area contributed by atoms with Crippen LogP contribution in [0.4, 0.5) is 21.5 Å². The zero-order chi connectivity index (χ0) is 26.7. The zero-order valence-electron chi connectivity index (χ0n) is 21.9. The number of nitrogens with zero attached hydrogens (tertiary/aromatic N) is 3. The molecule has 0 bridgehead atoms. The predicted octanol–water partition coefficient (Wildman–Crippen LogP) is 6.58. The van der Waals surface area contributed by atoms with Crippen molar-refractivity contribution >= 4 is 40.5 Å². The van der Waals surface area contributed by atoms with E-state index in [1.165, 1.54) is 19.2 Å². The SMILES string of the molecule is CC=Nc1cc(Nc2ccnc3ccc(-c4ccc(C=O)cc4F)cc23)ccc1C.CN1CC2(COC2)C1. The van der Waals surface area contributed by atoms with Crippen LogP contribution in [0.5, 0.6) is 0 Å². The Morgan fingerprint density at radius 2 is 1.89 bits per heavy atom. The minimum Gasteiger partial charge on any atom is -0.380 e. The fraction of sp³-hybridized carbons (Fsp3) is 0.258. The molecule has 2 aliphatic rings. The molecule has 4 aromatic rings. The van der Waals surface area contributed by atoms with Crippen LogP contribution in [0, 0.1) is 18.2 Å². The van der Waals surface area contributed by atoms with Crippen molar-refractivity contribution in [3.8, 4) is 11.1 Å². The molecule has 0 amide bonds. The predicted molar refractivity (Wildman–Crippen MR) is 152 cm³/mol. The molecule has 194 valence electrons. The molecular weight excluding hydrogens is 479 g/mol.